The highest BCUT2D eigenvalue weighted by Crippen LogP contribution is 2.26. The molecule has 0 saturated heterocycles. The molecule has 0 spiro atoms. The summed E-state index contributed by atoms with van der Waals surface area (Å²) in [5.74, 6) is 0.629. The molecule has 2 N–H and O–H groups in total. The maximum absolute atomic E-state index is 5.71. The lowest BCUT2D eigenvalue weighted by atomic mass is 10.2. The Morgan fingerprint density at radius 3 is 2.82 bits per heavy atom. The minimum atomic E-state index is 0.629. The Labute approximate surface area is 112 Å². The summed E-state index contributed by atoms with van der Waals surface area (Å²) in [5, 5.41) is 0. The second kappa shape index (κ2) is 4.03. The maximum Gasteiger partial charge on any atom is 0.227 e. The van der Waals surface area contributed by atoms with E-state index in [1.165, 1.54) is 0 Å². The van der Waals surface area contributed by atoms with E-state index in [0.29, 0.717) is 11.6 Å². The molecule has 3 nitrogen and oxygen atoms in total. The van der Waals surface area contributed by atoms with Crippen LogP contribution in [0, 0.1) is 3.57 Å². The van der Waals surface area contributed by atoms with Gasteiger partial charge in [0.1, 0.15) is 5.52 Å². The average Bonchev–Trinajstić information content (AvgIpc) is 2.72. The van der Waals surface area contributed by atoms with Gasteiger partial charge in [-0.3, -0.25) is 0 Å². The van der Waals surface area contributed by atoms with Crippen LogP contribution in [0.3, 0.4) is 0 Å². The van der Waals surface area contributed by atoms with Gasteiger partial charge in [-0.2, -0.15) is 0 Å². The molecular weight excluding hydrogens is 327 g/mol. The lowest BCUT2D eigenvalue weighted by Gasteiger charge is -1.94. The largest absolute Gasteiger partial charge is 0.436 e. The zero-order valence-electron chi connectivity index (χ0n) is 8.85. The summed E-state index contributed by atoms with van der Waals surface area (Å²) in [5.41, 5.74) is 8.93. The molecule has 0 aliphatic rings. The number of nitrogen functional groups attached to an aromatic ring is 1. The van der Waals surface area contributed by atoms with Crippen molar-refractivity contribution in [3.8, 4) is 11.5 Å². The summed E-state index contributed by atoms with van der Waals surface area (Å²) in [6.07, 6.45) is 0. The highest BCUT2D eigenvalue weighted by atomic mass is 127. The smallest absolute Gasteiger partial charge is 0.227 e. The minimum Gasteiger partial charge on any atom is -0.436 e. The molecule has 0 fully saturated rings. The maximum atomic E-state index is 5.71. The highest BCUT2D eigenvalue weighted by Gasteiger charge is 2.08. The second-order valence-corrected chi connectivity index (χ2v) is 5.00. The highest BCUT2D eigenvalue weighted by molar-refractivity contribution is 14.1. The third-order valence-electron chi connectivity index (χ3n) is 2.48. The first-order valence-corrected chi connectivity index (χ1v) is 6.22. The van der Waals surface area contributed by atoms with Gasteiger partial charge in [-0.1, -0.05) is 6.07 Å². The fraction of sp³-hybridized carbons (Fsp3) is 0. The topological polar surface area (TPSA) is 52.0 Å². The Bertz CT molecular complexity index is 691. The summed E-state index contributed by atoms with van der Waals surface area (Å²) >= 11 is 2.27. The fourth-order valence-corrected chi connectivity index (χ4v) is 2.23. The molecule has 0 atom stereocenters. The van der Waals surface area contributed by atoms with E-state index in [1.807, 2.05) is 42.5 Å². The molecule has 4 heteroatoms. The summed E-state index contributed by atoms with van der Waals surface area (Å²) in [6, 6.07) is 13.5. The molecule has 1 heterocycles. The van der Waals surface area contributed by atoms with Gasteiger partial charge in [0.15, 0.2) is 5.58 Å². The van der Waals surface area contributed by atoms with E-state index < -0.39 is 0 Å². The Morgan fingerprint density at radius 1 is 1.12 bits per heavy atom. The number of nitrogens with two attached hydrogens (primary N) is 1. The number of anilines is 1. The quantitative estimate of drug-likeness (QED) is 0.545. The van der Waals surface area contributed by atoms with Crippen LogP contribution in [0.4, 0.5) is 5.69 Å². The number of rotatable bonds is 1. The van der Waals surface area contributed by atoms with Crippen LogP contribution in [0.25, 0.3) is 22.6 Å². The SMILES string of the molecule is Nc1ccc2oc(-c3cccc(I)c3)nc2c1. The van der Waals surface area contributed by atoms with E-state index in [2.05, 4.69) is 27.6 Å². The van der Waals surface area contributed by atoms with Crippen LogP contribution in [0.15, 0.2) is 46.9 Å². The van der Waals surface area contributed by atoms with Crippen molar-refractivity contribution in [3.05, 3.63) is 46.0 Å². The molecule has 2 aromatic carbocycles. The van der Waals surface area contributed by atoms with Gasteiger partial charge in [0.05, 0.1) is 0 Å². The van der Waals surface area contributed by atoms with E-state index in [1.54, 1.807) is 0 Å². The van der Waals surface area contributed by atoms with Gasteiger partial charge in [-0.25, -0.2) is 4.98 Å². The monoisotopic (exact) mass is 336 g/mol. The number of oxazole rings is 1. The van der Waals surface area contributed by atoms with E-state index in [9.17, 15) is 0 Å². The van der Waals surface area contributed by atoms with Crippen LogP contribution in [0.2, 0.25) is 0 Å². The Hall–Kier alpha value is -1.56. The van der Waals surface area contributed by atoms with Crippen LogP contribution < -0.4 is 5.73 Å². The van der Waals surface area contributed by atoms with Crippen molar-refractivity contribution >= 4 is 39.4 Å². The van der Waals surface area contributed by atoms with Crippen molar-refractivity contribution in [2.45, 2.75) is 0 Å². The van der Waals surface area contributed by atoms with E-state index >= 15 is 0 Å². The number of hydrogen-bond donors (Lipinski definition) is 1. The Morgan fingerprint density at radius 2 is 2.00 bits per heavy atom. The molecule has 1 aromatic heterocycles. The van der Waals surface area contributed by atoms with Gasteiger partial charge >= 0.3 is 0 Å². The number of benzene rings is 2. The molecule has 0 saturated carbocycles. The lowest BCUT2D eigenvalue weighted by molar-refractivity contribution is 0.620. The van der Waals surface area contributed by atoms with Crippen molar-refractivity contribution in [2.75, 3.05) is 5.73 Å². The molecule has 0 aliphatic carbocycles. The van der Waals surface area contributed by atoms with Crippen LogP contribution >= 0.6 is 22.6 Å². The first-order valence-electron chi connectivity index (χ1n) is 5.14. The summed E-state index contributed by atoms with van der Waals surface area (Å²) < 4.78 is 6.85. The third kappa shape index (κ3) is 2.00. The lowest BCUT2D eigenvalue weighted by Crippen LogP contribution is -1.82. The van der Waals surface area contributed by atoms with Gasteiger partial charge < -0.3 is 10.2 Å². The van der Waals surface area contributed by atoms with Gasteiger partial charge in [-0.15, -0.1) is 0 Å². The summed E-state index contributed by atoms with van der Waals surface area (Å²) in [6.45, 7) is 0. The minimum absolute atomic E-state index is 0.629. The third-order valence-corrected chi connectivity index (χ3v) is 3.15. The van der Waals surface area contributed by atoms with Crippen molar-refractivity contribution in [1.82, 2.24) is 4.98 Å². The molecule has 0 radical (unpaired) electrons. The van der Waals surface area contributed by atoms with Crippen molar-refractivity contribution in [3.63, 3.8) is 0 Å². The van der Waals surface area contributed by atoms with Crippen molar-refractivity contribution < 1.29 is 4.42 Å². The van der Waals surface area contributed by atoms with Crippen LogP contribution in [-0.4, -0.2) is 4.98 Å². The molecule has 0 amide bonds. The molecule has 0 bridgehead atoms. The molecule has 0 unspecified atom stereocenters. The van der Waals surface area contributed by atoms with E-state index in [-0.39, 0.29) is 0 Å². The number of fused-ring (bicyclic) bond motifs is 1. The van der Waals surface area contributed by atoms with Gasteiger partial charge in [0, 0.05) is 14.8 Å². The van der Waals surface area contributed by atoms with Gasteiger partial charge in [0.2, 0.25) is 5.89 Å². The molecule has 17 heavy (non-hydrogen) atoms. The van der Waals surface area contributed by atoms with Gasteiger partial charge in [-0.05, 0) is 59.0 Å². The number of halogens is 1. The average molecular weight is 336 g/mol. The van der Waals surface area contributed by atoms with Gasteiger partial charge in [0.25, 0.3) is 0 Å². The normalized spacial score (nSPS) is 10.9. The first-order chi connectivity index (χ1) is 8.22. The molecule has 3 rings (SSSR count). The predicted molar refractivity (Wildman–Crippen MR) is 76.6 cm³/mol. The fourth-order valence-electron chi connectivity index (χ4n) is 1.69. The summed E-state index contributed by atoms with van der Waals surface area (Å²) in [7, 11) is 0. The van der Waals surface area contributed by atoms with E-state index in [4.69, 9.17) is 10.2 Å². The standard InChI is InChI=1S/C13H9IN2O/c14-9-3-1-2-8(6-9)13-16-11-7-10(15)4-5-12(11)17-13/h1-7H,15H2. The number of aromatic nitrogens is 1. The molecule has 3 aromatic rings. The Balaban J connectivity index is 2.18. The van der Waals surface area contributed by atoms with Crippen LogP contribution in [0.5, 0.6) is 0 Å². The summed E-state index contributed by atoms with van der Waals surface area (Å²) in [4.78, 5) is 4.43. The van der Waals surface area contributed by atoms with Crippen LogP contribution in [0.1, 0.15) is 0 Å². The van der Waals surface area contributed by atoms with Crippen molar-refractivity contribution in [1.29, 1.82) is 0 Å². The number of hydrogen-bond acceptors (Lipinski definition) is 3. The van der Waals surface area contributed by atoms with Crippen molar-refractivity contribution in [2.24, 2.45) is 0 Å². The molecule has 0 aliphatic heterocycles. The predicted octanol–water partition coefficient (Wildman–Crippen LogP) is 3.68. The van der Waals surface area contributed by atoms with E-state index in [0.717, 1.165) is 20.2 Å². The molecular formula is C13H9IN2O. The zero-order chi connectivity index (χ0) is 11.8. The van der Waals surface area contributed by atoms with Crippen LogP contribution in [-0.2, 0) is 0 Å². The number of nitrogens with zero attached hydrogens (tertiary/aromatic N) is 1. The first kappa shape index (κ1) is 10.6. The Kier molecular flexibility index (Phi) is 2.51. The second-order valence-electron chi connectivity index (χ2n) is 3.76. The zero-order valence-corrected chi connectivity index (χ0v) is 11.0. The molecule has 84 valence electrons.